The van der Waals surface area contributed by atoms with E-state index in [1.165, 1.54) is 5.69 Å². The first-order valence-corrected chi connectivity index (χ1v) is 11.0. The van der Waals surface area contributed by atoms with Gasteiger partial charge in [-0.05, 0) is 54.9 Å². The molecule has 0 spiro atoms. The molecule has 2 aromatic heterocycles. The van der Waals surface area contributed by atoms with Crippen molar-refractivity contribution in [1.82, 2.24) is 14.9 Å². The van der Waals surface area contributed by atoms with Crippen LogP contribution >= 0.6 is 11.6 Å². The number of aryl methyl sites for hydroxylation is 1. The predicted octanol–water partition coefficient (Wildman–Crippen LogP) is 5.19. The fourth-order valence-corrected chi connectivity index (χ4v) is 4.52. The summed E-state index contributed by atoms with van der Waals surface area (Å²) in [5, 5.41) is 1.60. The van der Waals surface area contributed by atoms with Crippen LogP contribution in [0.4, 0.5) is 11.4 Å². The van der Waals surface area contributed by atoms with Crippen LogP contribution in [0.5, 0.6) is 0 Å². The van der Waals surface area contributed by atoms with Gasteiger partial charge in [0.2, 0.25) is 0 Å². The van der Waals surface area contributed by atoms with E-state index in [4.69, 9.17) is 17.3 Å². The second-order valence-electron chi connectivity index (χ2n) is 8.30. The standard InChI is InChI=1S/C25H26ClN5/c1-16-3-4-18(15-21(16)27)22-23-20(26)9-10-28-25(23)29-24(22)17-5-7-19(8-6-17)31-13-11-30(2)12-14-31/h3-10,15H,11-14,27H2,1-2H3,(H,28,29). The molecule has 5 nitrogen and oxygen atoms in total. The van der Waals surface area contributed by atoms with Crippen molar-refractivity contribution in [2.24, 2.45) is 0 Å². The number of benzene rings is 2. The number of hydrogen-bond donors (Lipinski definition) is 2. The number of likely N-dealkylation sites (N-methyl/N-ethyl adjacent to an activating group) is 1. The van der Waals surface area contributed by atoms with E-state index in [-0.39, 0.29) is 0 Å². The molecule has 0 bridgehead atoms. The van der Waals surface area contributed by atoms with Gasteiger partial charge in [0.1, 0.15) is 5.65 Å². The van der Waals surface area contributed by atoms with Gasteiger partial charge in [-0.15, -0.1) is 0 Å². The number of fused-ring (bicyclic) bond motifs is 1. The average Bonchev–Trinajstić information content (AvgIpc) is 3.17. The van der Waals surface area contributed by atoms with Crippen molar-refractivity contribution >= 4 is 34.0 Å². The van der Waals surface area contributed by atoms with Crippen LogP contribution in [0.2, 0.25) is 5.02 Å². The summed E-state index contributed by atoms with van der Waals surface area (Å²) < 4.78 is 0. The van der Waals surface area contributed by atoms with Crippen molar-refractivity contribution in [2.45, 2.75) is 6.92 Å². The number of nitrogens with two attached hydrogens (primary N) is 1. The van der Waals surface area contributed by atoms with Crippen LogP contribution in [-0.2, 0) is 0 Å². The highest BCUT2D eigenvalue weighted by Gasteiger charge is 2.19. The maximum Gasteiger partial charge on any atom is 0.139 e. The minimum absolute atomic E-state index is 0.677. The fourth-order valence-electron chi connectivity index (χ4n) is 4.28. The summed E-state index contributed by atoms with van der Waals surface area (Å²) in [7, 11) is 2.18. The molecule has 1 aliphatic heterocycles. The molecule has 6 heteroatoms. The van der Waals surface area contributed by atoms with Crippen LogP contribution in [0.25, 0.3) is 33.4 Å². The van der Waals surface area contributed by atoms with Gasteiger partial charge in [0, 0.05) is 54.7 Å². The van der Waals surface area contributed by atoms with E-state index < -0.39 is 0 Å². The van der Waals surface area contributed by atoms with E-state index in [1.54, 1.807) is 6.20 Å². The molecular weight excluding hydrogens is 406 g/mol. The van der Waals surface area contributed by atoms with Gasteiger partial charge in [-0.25, -0.2) is 4.98 Å². The summed E-state index contributed by atoms with van der Waals surface area (Å²) in [5.74, 6) is 0. The molecule has 0 saturated carbocycles. The molecule has 0 atom stereocenters. The molecule has 1 fully saturated rings. The van der Waals surface area contributed by atoms with Gasteiger partial charge < -0.3 is 20.5 Å². The highest BCUT2D eigenvalue weighted by molar-refractivity contribution is 6.36. The lowest BCUT2D eigenvalue weighted by atomic mass is 9.97. The van der Waals surface area contributed by atoms with E-state index in [2.05, 4.69) is 57.1 Å². The monoisotopic (exact) mass is 431 g/mol. The van der Waals surface area contributed by atoms with E-state index in [1.807, 2.05) is 25.1 Å². The average molecular weight is 432 g/mol. The van der Waals surface area contributed by atoms with Crippen LogP contribution in [0.1, 0.15) is 5.56 Å². The lowest BCUT2D eigenvalue weighted by Gasteiger charge is -2.34. The molecule has 0 radical (unpaired) electrons. The Balaban J connectivity index is 1.61. The number of anilines is 2. The zero-order chi connectivity index (χ0) is 21.5. The number of piperazine rings is 1. The minimum Gasteiger partial charge on any atom is -0.398 e. The van der Waals surface area contributed by atoms with E-state index in [9.17, 15) is 0 Å². The number of halogens is 1. The number of nitrogens with zero attached hydrogens (tertiary/aromatic N) is 3. The highest BCUT2D eigenvalue weighted by atomic mass is 35.5. The zero-order valence-corrected chi connectivity index (χ0v) is 18.6. The SMILES string of the molecule is Cc1ccc(-c2c(-c3ccc(N4CCN(C)CC4)cc3)[nH]c3nccc(Cl)c23)cc1N. The number of aromatic nitrogens is 2. The quantitative estimate of drug-likeness (QED) is 0.438. The number of nitrogen functional groups attached to an aromatic ring is 1. The fraction of sp³-hybridized carbons (Fsp3) is 0.240. The van der Waals surface area contributed by atoms with Crippen LogP contribution in [0.15, 0.2) is 54.7 Å². The molecular formula is C25H26ClN5. The lowest BCUT2D eigenvalue weighted by Crippen LogP contribution is -2.44. The summed E-state index contributed by atoms with van der Waals surface area (Å²) in [5.41, 5.74) is 14.3. The van der Waals surface area contributed by atoms with Crippen molar-refractivity contribution in [1.29, 1.82) is 0 Å². The molecule has 2 aromatic carbocycles. The zero-order valence-electron chi connectivity index (χ0n) is 17.8. The van der Waals surface area contributed by atoms with E-state index in [0.717, 1.165) is 70.8 Å². The summed E-state index contributed by atoms with van der Waals surface area (Å²) in [6.07, 6.45) is 1.73. The van der Waals surface area contributed by atoms with Gasteiger partial charge in [-0.1, -0.05) is 35.9 Å². The van der Waals surface area contributed by atoms with Gasteiger partial charge in [0.15, 0.2) is 0 Å². The van der Waals surface area contributed by atoms with E-state index in [0.29, 0.717) is 5.02 Å². The maximum absolute atomic E-state index is 6.62. The van der Waals surface area contributed by atoms with Crippen molar-refractivity contribution in [3.63, 3.8) is 0 Å². The van der Waals surface area contributed by atoms with Crippen LogP contribution in [0, 0.1) is 6.92 Å². The molecule has 0 unspecified atom stereocenters. The van der Waals surface area contributed by atoms with Crippen molar-refractivity contribution in [3.8, 4) is 22.4 Å². The molecule has 4 aromatic rings. The molecule has 31 heavy (non-hydrogen) atoms. The summed E-state index contributed by atoms with van der Waals surface area (Å²) >= 11 is 6.62. The van der Waals surface area contributed by atoms with Crippen molar-refractivity contribution in [3.05, 3.63) is 65.3 Å². The van der Waals surface area contributed by atoms with E-state index >= 15 is 0 Å². The molecule has 1 saturated heterocycles. The molecule has 0 aliphatic carbocycles. The normalized spacial score (nSPS) is 15.0. The highest BCUT2D eigenvalue weighted by Crippen LogP contribution is 2.41. The van der Waals surface area contributed by atoms with Crippen molar-refractivity contribution < 1.29 is 0 Å². The lowest BCUT2D eigenvalue weighted by molar-refractivity contribution is 0.313. The number of nitrogens with one attached hydrogen (secondary N) is 1. The molecule has 1 aliphatic rings. The molecule has 3 N–H and O–H groups in total. The van der Waals surface area contributed by atoms with Gasteiger partial charge in [-0.2, -0.15) is 0 Å². The maximum atomic E-state index is 6.62. The van der Waals surface area contributed by atoms with Crippen LogP contribution in [0.3, 0.4) is 0 Å². The van der Waals surface area contributed by atoms with Gasteiger partial charge in [0.25, 0.3) is 0 Å². The second kappa shape index (κ2) is 7.91. The van der Waals surface area contributed by atoms with Gasteiger partial charge in [0.05, 0.1) is 10.7 Å². The Labute approximate surface area is 187 Å². The first kappa shape index (κ1) is 19.9. The van der Waals surface area contributed by atoms with Crippen LogP contribution in [-0.4, -0.2) is 48.1 Å². The third-order valence-electron chi connectivity index (χ3n) is 6.24. The first-order valence-electron chi connectivity index (χ1n) is 10.6. The first-order chi connectivity index (χ1) is 15.0. The molecule has 158 valence electrons. The minimum atomic E-state index is 0.677. The van der Waals surface area contributed by atoms with Gasteiger partial charge in [-0.3, -0.25) is 0 Å². The summed E-state index contributed by atoms with van der Waals surface area (Å²) in [6.45, 7) is 6.30. The Hall–Kier alpha value is -3.02. The van der Waals surface area contributed by atoms with Crippen LogP contribution < -0.4 is 10.6 Å². The van der Waals surface area contributed by atoms with Crippen molar-refractivity contribution in [2.75, 3.05) is 43.9 Å². The Morgan fingerprint density at radius 1 is 0.968 bits per heavy atom. The molecule has 3 heterocycles. The largest absolute Gasteiger partial charge is 0.398 e. The number of aromatic amines is 1. The predicted molar refractivity (Wildman–Crippen MR) is 131 cm³/mol. The summed E-state index contributed by atoms with van der Waals surface area (Å²) in [6, 6.07) is 16.7. The number of pyridine rings is 1. The Bertz CT molecular complexity index is 1240. The number of hydrogen-bond acceptors (Lipinski definition) is 4. The smallest absolute Gasteiger partial charge is 0.139 e. The van der Waals surface area contributed by atoms with Gasteiger partial charge >= 0.3 is 0 Å². The third-order valence-corrected chi connectivity index (χ3v) is 6.55. The topological polar surface area (TPSA) is 61.2 Å². The Morgan fingerprint density at radius 3 is 2.39 bits per heavy atom. The number of rotatable bonds is 3. The number of H-pyrrole nitrogens is 1. The third kappa shape index (κ3) is 3.64. The molecule has 5 rings (SSSR count). The Kier molecular flexibility index (Phi) is 5.08. The summed E-state index contributed by atoms with van der Waals surface area (Å²) in [4.78, 5) is 12.8. The Morgan fingerprint density at radius 2 is 1.68 bits per heavy atom. The molecule has 0 amide bonds. The second-order valence-corrected chi connectivity index (χ2v) is 8.71.